The van der Waals surface area contributed by atoms with Gasteiger partial charge in [0.2, 0.25) is 4.90 Å². The van der Waals surface area contributed by atoms with Crippen LogP contribution < -0.4 is 5.90 Å². The zero-order valence-corrected chi connectivity index (χ0v) is 15.1. The van der Waals surface area contributed by atoms with Crippen molar-refractivity contribution in [3.63, 3.8) is 0 Å². The molecule has 23 heavy (non-hydrogen) atoms. The molecule has 0 aliphatic rings. The third-order valence-corrected chi connectivity index (χ3v) is 5.26. The van der Waals surface area contributed by atoms with E-state index in [0.717, 1.165) is 18.4 Å². The van der Waals surface area contributed by atoms with Gasteiger partial charge in [-0.1, -0.05) is 76.8 Å². The Balaban J connectivity index is 2.09. The molecule has 0 spiro atoms. The molecule has 0 saturated heterocycles. The molecule has 1 aromatic carbocycles. The van der Waals surface area contributed by atoms with Gasteiger partial charge in [0, 0.05) is 0 Å². The van der Waals surface area contributed by atoms with Crippen molar-refractivity contribution < 1.29 is 13.0 Å². The number of aryl methyl sites for hydroxylation is 1. The van der Waals surface area contributed by atoms with E-state index in [1.54, 1.807) is 12.1 Å². The SMILES string of the molecule is CCCCCCCCCCCCc1ccc([S+]([O])(=O)ON)cc1. The number of nitrogens with two attached hydrogens (primary N) is 1. The highest BCUT2D eigenvalue weighted by atomic mass is 32.3. The Bertz CT molecular complexity index is 462. The Hall–Kier alpha value is -0.750. The van der Waals surface area contributed by atoms with Crippen LogP contribution in [0.4, 0.5) is 0 Å². The van der Waals surface area contributed by atoms with Crippen molar-refractivity contribution in [3.8, 4) is 0 Å². The molecule has 1 aromatic rings. The fourth-order valence-corrected chi connectivity index (χ4v) is 3.28. The number of benzene rings is 1. The number of rotatable bonds is 13. The number of unbranched alkanes of at least 4 members (excludes halogenated alkanes) is 9. The maximum absolute atomic E-state index is 11.4. The van der Waals surface area contributed by atoms with E-state index in [4.69, 9.17) is 5.90 Å². The van der Waals surface area contributed by atoms with Crippen LogP contribution in [-0.4, -0.2) is 0 Å². The maximum Gasteiger partial charge on any atom is 0.447 e. The second kappa shape index (κ2) is 11.7. The fraction of sp³-hybridized carbons (Fsp3) is 0.667. The molecular formula is C18H31NO3S+. The van der Waals surface area contributed by atoms with Gasteiger partial charge in [-0.2, -0.15) is 5.90 Å². The molecule has 0 heterocycles. The molecule has 0 fully saturated rings. The zero-order valence-electron chi connectivity index (χ0n) is 14.3. The highest BCUT2D eigenvalue weighted by Gasteiger charge is 2.33. The van der Waals surface area contributed by atoms with Crippen LogP contribution in [0.25, 0.3) is 0 Å². The van der Waals surface area contributed by atoms with E-state index in [1.807, 2.05) is 12.1 Å². The smallest absolute Gasteiger partial charge is 0.160 e. The van der Waals surface area contributed by atoms with E-state index in [2.05, 4.69) is 11.2 Å². The predicted molar refractivity (Wildman–Crippen MR) is 94.3 cm³/mol. The lowest BCUT2D eigenvalue weighted by atomic mass is 10.0. The molecule has 0 aromatic heterocycles. The molecule has 0 aliphatic heterocycles. The van der Waals surface area contributed by atoms with E-state index >= 15 is 0 Å². The van der Waals surface area contributed by atoms with Gasteiger partial charge in [-0.15, -0.1) is 0 Å². The second-order valence-electron chi connectivity index (χ2n) is 6.13. The van der Waals surface area contributed by atoms with Crippen LogP contribution in [0.3, 0.4) is 0 Å². The topological polar surface area (TPSA) is 72.2 Å². The van der Waals surface area contributed by atoms with Crippen LogP contribution in [0.2, 0.25) is 0 Å². The molecule has 0 aliphatic carbocycles. The first-order valence-electron chi connectivity index (χ1n) is 8.82. The summed E-state index contributed by atoms with van der Waals surface area (Å²) in [7, 11) is -3.78. The lowest BCUT2D eigenvalue weighted by molar-refractivity contribution is 0.261. The summed E-state index contributed by atoms with van der Waals surface area (Å²) in [6, 6.07) is 6.76. The quantitative estimate of drug-likeness (QED) is 0.306. The van der Waals surface area contributed by atoms with Crippen LogP contribution in [0, 0.1) is 0 Å². The van der Waals surface area contributed by atoms with Crippen LogP contribution in [-0.2, 0) is 30.0 Å². The van der Waals surface area contributed by atoms with Crippen LogP contribution in [0.15, 0.2) is 29.2 Å². The number of hydrogen-bond donors (Lipinski definition) is 1. The van der Waals surface area contributed by atoms with Crippen LogP contribution in [0.1, 0.15) is 76.7 Å². The molecule has 0 bridgehead atoms. The molecule has 1 radical (unpaired) electrons. The van der Waals surface area contributed by atoms with Crippen LogP contribution >= 0.6 is 0 Å². The Labute approximate surface area is 142 Å². The highest BCUT2D eigenvalue weighted by molar-refractivity contribution is 7.92. The fourth-order valence-electron chi connectivity index (χ4n) is 2.69. The van der Waals surface area contributed by atoms with Crippen molar-refractivity contribution >= 4 is 10.5 Å². The largest absolute Gasteiger partial charge is 0.447 e. The summed E-state index contributed by atoms with van der Waals surface area (Å²) >= 11 is 0. The van der Waals surface area contributed by atoms with Gasteiger partial charge in [-0.05, 0) is 39.0 Å². The van der Waals surface area contributed by atoms with E-state index in [-0.39, 0.29) is 4.90 Å². The molecule has 2 N–H and O–H groups in total. The summed E-state index contributed by atoms with van der Waals surface area (Å²) < 4.78 is 26.8. The first-order chi connectivity index (χ1) is 11.1. The van der Waals surface area contributed by atoms with E-state index in [0.29, 0.717) is 0 Å². The minimum absolute atomic E-state index is 0.104. The molecule has 4 nitrogen and oxygen atoms in total. The standard InChI is InChI=1S/C18H31NO3S/c1-2-3-4-5-6-7-8-9-10-11-12-17-13-15-18(16-14-17)23(20,21)22-19/h13-16H,2-12,19H2,1H3/q+1. The molecule has 0 saturated carbocycles. The predicted octanol–water partition coefficient (Wildman–Crippen LogP) is 5.16. The molecule has 131 valence electrons. The van der Waals surface area contributed by atoms with Crippen LogP contribution in [0.5, 0.6) is 0 Å². The van der Waals surface area contributed by atoms with Crippen molar-refractivity contribution in [2.45, 2.75) is 82.4 Å². The van der Waals surface area contributed by atoms with Gasteiger partial charge < -0.3 is 0 Å². The summed E-state index contributed by atoms with van der Waals surface area (Å²) in [5, 5.41) is 0. The van der Waals surface area contributed by atoms with E-state index in [9.17, 15) is 8.76 Å². The average molecular weight is 342 g/mol. The lowest BCUT2D eigenvalue weighted by Gasteiger charge is -2.03. The molecule has 5 heteroatoms. The summed E-state index contributed by atoms with van der Waals surface area (Å²) in [5.74, 6) is 4.76. The van der Waals surface area contributed by atoms with Gasteiger partial charge in [-0.25, -0.2) is 0 Å². The van der Waals surface area contributed by atoms with E-state index in [1.165, 1.54) is 57.8 Å². The Morgan fingerprint density at radius 1 is 0.870 bits per heavy atom. The highest BCUT2D eigenvalue weighted by Crippen LogP contribution is 2.19. The summed E-state index contributed by atoms with van der Waals surface area (Å²) in [6.07, 6.45) is 14.2. The number of hydrogen-bond acceptors (Lipinski definition) is 3. The Morgan fingerprint density at radius 3 is 1.83 bits per heavy atom. The summed E-state index contributed by atoms with van der Waals surface area (Å²) in [5.41, 5.74) is 1.15. The summed E-state index contributed by atoms with van der Waals surface area (Å²) in [4.78, 5) is 0.104. The van der Waals surface area contributed by atoms with Gasteiger partial charge in [0.05, 0.1) is 4.55 Å². The van der Waals surface area contributed by atoms with Gasteiger partial charge in [0.25, 0.3) is 0 Å². The minimum atomic E-state index is -3.78. The normalized spacial score (nSPS) is 13.9. The Kier molecular flexibility index (Phi) is 10.4. The minimum Gasteiger partial charge on any atom is -0.160 e. The third kappa shape index (κ3) is 8.61. The maximum atomic E-state index is 11.4. The van der Waals surface area contributed by atoms with Crippen molar-refractivity contribution in [2.24, 2.45) is 5.90 Å². The van der Waals surface area contributed by atoms with E-state index < -0.39 is 10.5 Å². The zero-order chi connectivity index (χ0) is 17.0. The molecule has 0 amide bonds. The van der Waals surface area contributed by atoms with Crippen molar-refractivity contribution in [2.75, 3.05) is 0 Å². The van der Waals surface area contributed by atoms with Gasteiger partial charge in [0.15, 0.2) is 0 Å². The van der Waals surface area contributed by atoms with Crippen molar-refractivity contribution in [1.82, 2.24) is 0 Å². The molecule has 1 rings (SSSR count). The molecular weight excluding hydrogens is 310 g/mol. The monoisotopic (exact) mass is 341 g/mol. The molecule has 1 atom stereocenters. The summed E-state index contributed by atoms with van der Waals surface area (Å²) in [6.45, 7) is 2.25. The average Bonchev–Trinajstić information content (AvgIpc) is 2.57. The van der Waals surface area contributed by atoms with Crippen molar-refractivity contribution in [1.29, 1.82) is 0 Å². The van der Waals surface area contributed by atoms with Gasteiger partial charge in [0.1, 0.15) is 0 Å². The lowest BCUT2D eigenvalue weighted by Crippen LogP contribution is -2.16. The van der Waals surface area contributed by atoms with Gasteiger partial charge in [-0.3, -0.25) is 0 Å². The third-order valence-electron chi connectivity index (χ3n) is 4.16. The molecule has 1 unspecified atom stereocenters. The first kappa shape index (κ1) is 20.3. The second-order valence-corrected chi connectivity index (χ2v) is 7.70. The first-order valence-corrected chi connectivity index (χ1v) is 10.2. The van der Waals surface area contributed by atoms with Gasteiger partial charge >= 0.3 is 10.5 Å². The Morgan fingerprint density at radius 2 is 1.35 bits per heavy atom. The van der Waals surface area contributed by atoms with Crippen molar-refractivity contribution in [3.05, 3.63) is 29.8 Å².